The summed E-state index contributed by atoms with van der Waals surface area (Å²) >= 11 is 0. The largest absolute Gasteiger partial charge is 0.487 e. The molecule has 2 N–H and O–H groups in total. The predicted molar refractivity (Wildman–Crippen MR) is 101 cm³/mol. The van der Waals surface area contributed by atoms with Gasteiger partial charge in [0.15, 0.2) is 9.84 Å². The van der Waals surface area contributed by atoms with Gasteiger partial charge in [-0.1, -0.05) is 42.5 Å². The molecule has 1 atom stereocenters. The molecule has 0 saturated carbocycles. The molecule has 3 rings (SSSR count). The summed E-state index contributed by atoms with van der Waals surface area (Å²) < 4.78 is 28.7. The summed E-state index contributed by atoms with van der Waals surface area (Å²) in [4.78, 5) is 12.1. The van der Waals surface area contributed by atoms with Gasteiger partial charge < -0.3 is 15.4 Å². The van der Waals surface area contributed by atoms with E-state index in [9.17, 15) is 13.2 Å². The zero-order chi connectivity index (χ0) is 18.4. The number of nitrogens with one attached hydrogen (secondary N) is 2. The van der Waals surface area contributed by atoms with Crippen molar-refractivity contribution in [2.24, 2.45) is 5.92 Å². The fourth-order valence-corrected chi connectivity index (χ4v) is 4.73. The van der Waals surface area contributed by atoms with Crippen molar-refractivity contribution in [3.8, 4) is 5.75 Å². The molecule has 1 saturated heterocycles. The number of hydrogen-bond acceptors (Lipinski definition) is 4. The molecule has 2 aromatic carbocycles. The molecule has 2 amide bonds. The first-order valence-electron chi connectivity index (χ1n) is 8.53. The van der Waals surface area contributed by atoms with Crippen molar-refractivity contribution in [3.63, 3.8) is 0 Å². The lowest BCUT2D eigenvalue weighted by molar-refractivity contribution is 0.250. The maximum absolute atomic E-state index is 12.1. The van der Waals surface area contributed by atoms with Gasteiger partial charge in [-0.3, -0.25) is 0 Å². The Kier molecular flexibility index (Phi) is 5.78. The van der Waals surface area contributed by atoms with E-state index in [-0.39, 0.29) is 23.5 Å². The average molecular weight is 374 g/mol. The van der Waals surface area contributed by atoms with Crippen molar-refractivity contribution in [3.05, 3.63) is 60.2 Å². The van der Waals surface area contributed by atoms with Crippen LogP contribution in [0, 0.1) is 5.92 Å². The van der Waals surface area contributed by atoms with Crippen LogP contribution in [0.15, 0.2) is 54.6 Å². The van der Waals surface area contributed by atoms with E-state index in [2.05, 4.69) is 10.6 Å². The zero-order valence-electron chi connectivity index (χ0n) is 14.4. The minimum absolute atomic E-state index is 0.0182. The SMILES string of the molecule is O=C(NCC1CCS(=O)(=O)C1)Nc1ccccc1OCc1ccccc1. The monoisotopic (exact) mass is 374 g/mol. The van der Waals surface area contributed by atoms with Crippen molar-refractivity contribution in [1.82, 2.24) is 5.32 Å². The smallest absolute Gasteiger partial charge is 0.319 e. The second-order valence-electron chi connectivity index (χ2n) is 6.37. The number of ether oxygens (including phenoxy) is 1. The molecule has 0 radical (unpaired) electrons. The number of sulfone groups is 1. The van der Waals surface area contributed by atoms with E-state index in [1.165, 1.54) is 0 Å². The van der Waals surface area contributed by atoms with Gasteiger partial charge in [0.25, 0.3) is 0 Å². The van der Waals surface area contributed by atoms with Crippen molar-refractivity contribution in [2.45, 2.75) is 13.0 Å². The number of hydrogen-bond donors (Lipinski definition) is 2. The number of para-hydroxylation sites is 2. The molecule has 1 aliphatic rings. The van der Waals surface area contributed by atoms with Crippen LogP contribution in [0.3, 0.4) is 0 Å². The number of rotatable bonds is 6. The minimum atomic E-state index is -2.93. The van der Waals surface area contributed by atoms with Crippen molar-refractivity contribution >= 4 is 21.6 Å². The third-order valence-electron chi connectivity index (χ3n) is 4.25. The van der Waals surface area contributed by atoms with E-state index in [0.29, 0.717) is 31.0 Å². The Hall–Kier alpha value is -2.54. The topological polar surface area (TPSA) is 84.5 Å². The van der Waals surface area contributed by atoms with Crippen LogP contribution in [-0.4, -0.2) is 32.5 Å². The summed E-state index contributed by atoms with van der Waals surface area (Å²) in [5.74, 6) is 0.909. The first-order valence-corrected chi connectivity index (χ1v) is 10.3. The number of anilines is 1. The number of amides is 2. The fraction of sp³-hybridized carbons (Fsp3) is 0.316. The number of carbonyl (C=O) groups is 1. The number of urea groups is 1. The normalized spacial score (nSPS) is 18.2. The molecule has 1 fully saturated rings. The summed E-state index contributed by atoms with van der Waals surface area (Å²) in [7, 11) is -2.93. The number of carbonyl (C=O) groups excluding carboxylic acids is 1. The van der Waals surface area contributed by atoms with Gasteiger partial charge in [0.05, 0.1) is 17.2 Å². The quantitative estimate of drug-likeness (QED) is 0.814. The Morgan fingerprint density at radius 3 is 2.54 bits per heavy atom. The summed E-state index contributed by atoms with van der Waals surface area (Å²) in [5, 5.41) is 5.51. The third kappa shape index (κ3) is 5.23. The maximum Gasteiger partial charge on any atom is 0.319 e. The summed E-state index contributed by atoms with van der Waals surface area (Å²) in [6.07, 6.45) is 0.597. The highest BCUT2D eigenvalue weighted by Crippen LogP contribution is 2.25. The standard InChI is InChI=1S/C19H22N2O4S/c22-19(20-12-16-10-11-26(23,24)14-16)21-17-8-4-5-9-18(17)25-13-15-6-2-1-3-7-15/h1-9,16H,10-14H2,(H2,20,21,22). The van der Waals surface area contributed by atoms with Crippen molar-refractivity contribution in [1.29, 1.82) is 0 Å². The molecular weight excluding hydrogens is 352 g/mol. The maximum atomic E-state index is 12.1. The predicted octanol–water partition coefficient (Wildman–Crippen LogP) is 2.82. The summed E-state index contributed by atoms with van der Waals surface area (Å²) in [6, 6.07) is 16.6. The van der Waals surface area contributed by atoms with Gasteiger partial charge in [-0.2, -0.15) is 0 Å². The van der Waals surface area contributed by atoms with Crippen LogP contribution in [0.5, 0.6) is 5.75 Å². The molecule has 1 unspecified atom stereocenters. The molecule has 2 aromatic rings. The van der Waals surface area contributed by atoms with Gasteiger partial charge >= 0.3 is 6.03 Å². The van der Waals surface area contributed by atoms with E-state index >= 15 is 0 Å². The van der Waals surface area contributed by atoms with E-state index in [1.807, 2.05) is 42.5 Å². The molecule has 7 heteroatoms. The lowest BCUT2D eigenvalue weighted by atomic mass is 10.1. The Balaban J connectivity index is 1.53. The molecule has 138 valence electrons. The van der Waals surface area contributed by atoms with Crippen LogP contribution in [0.2, 0.25) is 0 Å². The van der Waals surface area contributed by atoms with Crippen LogP contribution in [-0.2, 0) is 16.4 Å². The first kappa shape index (κ1) is 18.3. The van der Waals surface area contributed by atoms with Gasteiger partial charge in [0.1, 0.15) is 12.4 Å². The van der Waals surface area contributed by atoms with Gasteiger partial charge in [0, 0.05) is 6.54 Å². The lowest BCUT2D eigenvalue weighted by Crippen LogP contribution is -2.33. The Morgan fingerprint density at radius 1 is 1.08 bits per heavy atom. The zero-order valence-corrected chi connectivity index (χ0v) is 15.2. The van der Waals surface area contributed by atoms with Gasteiger partial charge in [-0.05, 0) is 30.0 Å². The highest BCUT2D eigenvalue weighted by Gasteiger charge is 2.27. The first-order chi connectivity index (χ1) is 12.5. The Morgan fingerprint density at radius 2 is 1.81 bits per heavy atom. The van der Waals surface area contributed by atoms with E-state index in [0.717, 1.165) is 5.56 Å². The van der Waals surface area contributed by atoms with E-state index < -0.39 is 9.84 Å². The molecule has 0 spiro atoms. The van der Waals surface area contributed by atoms with E-state index in [4.69, 9.17) is 4.74 Å². The summed E-state index contributed by atoms with van der Waals surface area (Å²) in [6.45, 7) is 0.749. The molecule has 0 aliphatic carbocycles. The van der Waals surface area contributed by atoms with Crippen LogP contribution in [0.1, 0.15) is 12.0 Å². The Bertz CT molecular complexity index is 853. The Labute approximate surface area is 153 Å². The highest BCUT2D eigenvalue weighted by molar-refractivity contribution is 7.91. The highest BCUT2D eigenvalue weighted by atomic mass is 32.2. The van der Waals surface area contributed by atoms with Crippen molar-refractivity contribution in [2.75, 3.05) is 23.4 Å². The van der Waals surface area contributed by atoms with Crippen LogP contribution in [0.25, 0.3) is 0 Å². The second-order valence-corrected chi connectivity index (χ2v) is 8.60. The van der Waals surface area contributed by atoms with E-state index in [1.54, 1.807) is 12.1 Å². The fourth-order valence-electron chi connectivity index (χ4n) is 2.87. The van der Waals surface area contributed by atoms with Crippen LogP contribution < -0.4 is 15.4 Å². The van der Waals surface area contributed by atoms with Crippen LogP contribution in [0.4, 0.5) is 10.5 Å². The van der Waals surface area contributed by atoms with Gasteiger partial charge in [-0.15, -0.1) is 0 Å². The summed E-state index contributed by atoms with van der Waals surface area (Å²) in [5.41, 5.74) is 1.61. The molecule has 6 nitrogen and oxygen atoms in total. The lowest BCUT2D eigenvalue weighted by Gasteiger charge is -2.14. The average Bonchev–Trinajstić information content (AvgIpc) is 2.99. The molecule has 26 heavy (non-hydrogen) atoms. The van der Waals surface area contributed by atoms with Crippen molar-refractivity contribution < 1.29 is 17.9 Å². The van der Waals surface area contributed by atoms with Gasteiger partial charge in [-0.25, -0.2) is 13.2 Å². The number of benzene rings is 2. The molecule has 1 heterocycles. The third-order valence-corrected chi connectivity index (χ3v) is 6.09. The molecule has 0 bridgehead atoms. The molecular formula is C19H22N2O4S. The van der Waals surface area contributed by atoms with Gasteiger partial charge in [0.2, 0.25) is 0 Å². The second kappa shape index (κ2) is 8.23. The molecule has 1 aliphatic heterocycles. The minimum Gasteiger partial charge on any atom is -0.487 e. The molecule has 0 aromatic heterocycles. The van der Waals surface area contributed by atoms with Crippen LogP contribution >= 0.6 is 0 Å².